The molecule has 0 aromatic carbocycles. The van der Waals surface area contributed by atoms with Gasteiger partial charge in [-0.05, 0) is 19.2 Å². The Labute approximate surface area is 158 Å². The average Bonchev–Trinajstić information content (AvgIpc) is 2.58. The summed E-state index contributed by atoms with van der Waals surface area (Å²) in [5.41, 5.74) is 7.66. The number of hydrogen-bond donors (Lipinski definition) is 0. The molecular formula is C15H22N4O7. The molecule has 0 aromatic rings. The molecular weight excluding hydrogens is 348 g/mol. The van der Waals surface area contributed by atoms with Gasteiger partial charge in [-0.25, -0.2) is 0 Å². The van der Waals surface area contributed by atoms with E-state index in [0.29, 0.717) is 0 Å². The molecule has 0 amide bonds. The second-order valence-corrected chi connectivity index (χ2v) is 5.19. The van der Waals surface area contributed by atoms with Gasteiger partial charge in [0.15, 0.2) is 18.4 Å². The van der Waals surface area contributed by atoms with E-state index in [1.54, 1.807) is 0 Å². The molecule has 0 aliphatic carbocycles. The molecule has 1 aliphatic rings. The zero-order chi connectivity index (χ0) is 24.9. The normalized spacial score (nSPS) is 31.9. The van der Waals surface area contributed by atoms with Gasteiger partial charge in [-0.3, -0.25) is 19.4 Å². The Hall–Kier alpha value is -2.65. The highest BCUT2D eigenvalue weighted by molar-refractivity contribution is 5.79. The first-order chi connectivity index (χ1) is 14.6. The summed E-state index contributed by atoms with van der Waals surface area (Å²) in [6.45, 7) is -3.83. The predicted octanol–water partition coefficient (Wildman–Crippen LogP) is 1.30. The number of esters is 3. The van der Waals surface area contributed by atoms with E-state index < -0.39 is 74.5 Å². The number of aliphatic imine (C=N–C) groups is 1. The van der Waals surface area contributed by atoms with Crippen LogP contribution in [0.1, 0.15) is 42.7 Å². The molecule has 0 N–H and O–H groups in total. The van der Waals surface area contributed by atoms with Gasteiger partial charge in [0.25, 0.3) is 0 Å². The monoisotopic (exact) mass is 376 g/mol. The van der Waals surface area contributed by atoms with Crippen molar-refractivity contribution in [1.82, 2.24) is 0 Å². The van der Waals surface area contributed by atoms with E-state index in [0.717, 1.165) is 20.8 Å². The molecule has 11 heteroatoms. The lowest BCUT2D eigenvalue weighted by Gasteiger charge is -2.42. The molecule has 1 aliphatic heterocycles. The quantitative estimate of drug-likeness (QED) is 0.169. The summed E-state index contributed by atoms with van der Waals surface area (Å²) in [5, 5.41) is 3.34. The lowest BCUT2D eigenvalue weighted by Crippen LogP contribution is -2.60. The number of carbonyl (C=O) groups excluding carboxylic acids is 3. The van der Waals surface area contributed by atoms with Crippen molar-refractivity contribution in [2.75, 3.05) is 6.61 Å². The van der Waals surface area contributed by atoms with Crippen LogP contribution in [0.3, 0.4) is 0 Å². The summed E-state index contributed by atoms with van der Waals surface area (Å²) in [6, 6.07) is -1.72. The molecule has 1 fully saturated rings. The average molecular weight is 376 g/mol. The molecule has 0 unspecified atom stereocenters. The van der Waals surface area contributed by atoms with Crippen molar-refractivity contribution in [3.63, 3.8) is 0 Å². The molecule has 26 heavy (non-hydrogen) atoms. The van der Waals surface area contributed by atoms with Crippen molar-refractivity contribution in [2.24, 2.45) is 10.1 Å². The number of azide groups is 1. The number of carbonyl (C=O) groups is 3. The van der Waals surface area contributed by atoms with Gasteiger partial charge in [-0.2, -0.15) is 0 Å². The van der Waals surface area contributed by atoms with Crippen molar-refractivity contribution in [3.8, 4) is 0 Å². The van der Waals surface area contributed by atoms with Gasteiger partial charge < -0.3 is 18.9 Å². The van der Waals surface area contributed by atoms with Crippen molar-refractivity contribution >= 4 is 23.6 Å². The van der Waals surface area contributed by atoms with Crippen LogP contribution in [0, 0.1) is 0 Å². The standard InChI is InChI=1S/C15H22N4O7/c1-7(2)17-12-14(25-10(5)22)13(24-9(4)21)11(6-23-8(3)20)26-15(12)18-19-16/h11-15H,6H2,1-5H3/t11-,12-,13-,14-,15-/m1/s1/i1D3,2D3. The molecule has 0 radical (unpaired) electrons. The van der Waals surface area contributed by atoms with Crippen LogP contribution in [0.25, 0.3) is 10.4 Å². The smallest absolute Gasteiger partial charge is 0.303 e. The van der Waals surface area contributed by atoms with Crippen LogP contribution >= 0.6 is 0 Å². The molecule has 0 aromatic heterocycles. The van der Waals surface area contributed by atoms with Crippen LogP contribution in [-0.4, -0.2) is 60.8 Å². The Bertz CT molecular complexity index is 793. The first-order valence-electron chi connectivity index (χ1n) is 10.3. The molecule has 1 saturated heterocycles. The summed E-state index contributed by atoms with van der Waals surface area (Å²) in [4.78, 5) is 40.9. The first kappa shape index (κ1) is 13.5. The second-order valence-electron chi connectivity index (χ2n) is 5.19. The Kier molecular flexibility index (Phi) is 5.07. The van der Waals surface area contributed by atoms with Gasteiger partial charge in [0, 0.05) is 39.6 Å². The molecule has 0 bridgehead atoms. The Balaban J connectivity index is 3.68. The minimum Gasteiger partial charge on any atom is -0.463 e. The van der Waals surface area contributed by atoms with Crippen LogP contribution in [0.4, 0.5) is 0 Å². The van der Waals surface area contributed by atoms with E-state index in [1.807, 2.05) is 0 Å². The van der Waals surface area contributed by atoms with E-state index in [2.05, 4.69) is 15.0 Å². The van der Waals surface area contributed by atoms with Crippen LogP contribution < -0.4 is 0 Å². The lowest BCUT2D eigenvalue weighted by molar-refractivity contribution is -0.219. The number of nitrogens with zero attached hydrogens (tertiary/aromatic N) is 4. The number of hydrogen-bond acceptors (Lipinski definition) is 9. The highest BCUT2D eigenvalue weighted by atomic mass is 16.6. The maximum atomic E-state index is 11.7. The van der Waals surface area contributed by atoms with Crippen molar-refractivity contribution in [3.05, 3.63) is 10.4 Å². The second kappa shape index (κ2) is 9.73. The molecule has 5 atom stereocenters. The zero-order valence-corrected chi connectivity index (χ0v) is 14.2. The third-order valence-electron chi connectivity index (χ3n) is 3.13. The molecule has 1 heterocycles. The molecule has 11 nitrogen and oxygen atoms in total. The van der Waals surface area contributed by atoms with Crippen LogP contribution in [-0.2, 0) is 33.3 Å². The van der Waals surface area contributed by atoms with Gasteiger partial charge in [-0.15, -0.1) is 0 Å². The summed E-state index contributed by atoms with van der Waals surface area (Å²) >= 11 is 0. The van der Waals surface area contributed by atoms with E-state index in [1.165, 1.54) is 0 Å². The molecule has 0 spiro atoms. The highest BCUT2D eigenvalue weighted by Crippen LogP contribution is 2.30. The predicted molar refractivity (Wildman–Crippen MR) is 88.1 cm³/mol. The SMILES string of the molecule is [2H]C([2H])([2H])C(=N[C@@H]1[C@@H](OC(C)=O)[C@H](OC(C)=O)[C@@H](COC(C)=O)O[C@H]1N=[N+]=[N-])C([2H])([2H])[2H]. The number of rotatable bonds is 6. The molecule has 144 valence electrons. The fourth-order valence-corrected chi connectivity index (χ4v) is 2.33. The van der Waals surface area contributed by atoms with Crippen molar-refractivity contribution < 1.29 is 41.6 Å². The van der Waals surface area contributed by atoms with E-state index in [-0.39, 0.29) is 0 Å². The maximum absolute atomic E-state index is 11.7. The van der Waals surface area contributed by atoms with E-state index >= 15 is 0 Å². The van der Waals surface area contributed by atoms with Gasteiger partial charge in [0.05, 0.1) is 0 Å². The molecule has 1 rings (SSSR count). The van der Waals surface area contributed by atoms with Crippen LogP contribution in [0.15, 0.2) is 10.1 Å². The lowest BCUT2D eigenvalue weighted by atomic mass is 9.95. The Morgan fingerprint density at radius 2 is 1.73 bits per heavy atom. The van der Waals surface area contributed by atoms with Gasteiger partial charge in [-0.1, -0.05) is 5.11 Å². The Morgan fingerprint density at radius 1 is 1.12 bits per heavy atom. The summed E-state index contributed by atoms with van der Waals surface area (Å²) in [5.74, 6) is -2.53. The maximum Gasteiger partial charge on any atom is 0.303 e. The third-order valence-corrected chi connectivity index (χ3v) is 3.13. The van der Waals surface area contributed by atoms with Crippen molar-refractivity contribution in [2.45, 2.75) is 65.1 Å². The van der Waals surface area contributed by atoms with Crippen LogP contribution in [0.2, 0.25) is 0 Å². The number of ether oxygens (including phenoxy) is 4. The van der Waals surface area contributed by atoms with Crippen LogP contribution in [0.5, 0.6) is 0 Å². The van der Waals surface area contributed by atoms with E-state index in [9.17, 15) is 14.4 Å². The fraction of sp³-hybridized carbons (Fsp3) is 0.733. The third kappa shape index (κ3) is 6.34. The van der Waals surface area contributed by atoms with Gasteiger partial charge >= 0.3 is 17.9 Å². The summed E-state index contributed by atoms with van der Waals surface area (Å²) < 4.78 is 65.7. The minimum absolute atomic E-state index is 0.523. The molecule has 0 saturated carbocycles. The fourth-order valence-electron chi connectivity index (χ4n) is 2.33. The summed E-state index contributed by atoms with van der Waals surface area (Å²) in [6.07, 6.45) is -6.17. The zero-order valence-electron chi connectivity index (χ0n) is 20.2. The van der Waals surface area contributed by atoms with Gasteiger partial charge in [0.2, 0.25) is 0 Å². The van der Waals surface area contributed by atoms with Gasteiger partial charge in [0.1, 0.15) is 18.8 Å². The Morgan fingerprint density at radius 3 is 2.23 bits per heavy atom. The summed E-state index contributed by atoms with van der Waals surface area (Å²) in [7, 11) is 0. The minimum atomic E-state index is -3.20. The van der Waals surface area contributed by atoms with Crippen molar-refractivity contribution in [1.29, 1.82) is 0 Å². The largest absolute Gasteiger partial charge is 0.463 e. The highest BCUT2D eigenvalue weighted by Gasteiger charge is 2.50. The topological polar surface area (TPSA) is 149 Å². The van der Waals surface area contributed by atoms with E-state index in [4.69, 9.17) is 32.7 Å². The first-order valence-corrected chi connectivity index (χ1v) is 7.34.